The third-order valence-corrected chi connectivity index (χ3v) is 4.59. The third-order valence-electron chi connectivity index (χ3n) is 4.59. The zero-order chi connectivity index (χ0) is 16.1. The van der Waals surface area contributed by atoms with Crippen molar-refractivity contribution < 1.29 is 9.32 Å². The van der Waals surface area contributed by atoms with Crippen molar-refractivity contribution in [1.82, 2.24) is 20.3 Å². The Morgan fingerprint density at radius 1 is 1.32 bits per heavy atom. The Bertz CT molecular complexity index is 473. The van der Waals surface area contributed by atoms with Crippen LogP contribution in [0.3, 0.4) is 0 Å². The van der Waals surface area contributed by atoms with Gasteiger partial charge in [-0.15, -0.1) is 0 Å². The number of nitrogens with zero attached hydrogens (tertiary/aromatic N) is 3. The molecule has 1 aromatic rings. The molecule has 6 nitrogen and oxygen atoms in total. The zero-order valence-corrected chi connectivity index (χ0v) is 14.2. The quantitative estimate of drug-likeness (QED) is 0.859. The maximum atomic E-state index is 12.0. The van der Waals surface area contributed by atoms with E-state index in [-0.39, 0.29) is 5.91 Å². The molecular formula is C16H28N4O2. The van der Waals surface area contributed by atoms with Gasteiger partial charge in [0, 0.05) is 50.7 Å². The van der Waals surface area contributed by atoms with Gasteiger partial charge < -0.3 is 14.7 Å². The first-order chi connectivity index (χ1) is 10.5. The van der Waals surface area contributed by atoms with Gasteiger partial charge in [0.25, 0.3) is 0 Å². The lowest BCUT2D eigenvalue weighted by molar-refractivity contribution is -0.121. The summed E-state index contributed by atoms with van der Waals surface area (Å²) < 4.78 is 5.10. The Balaban J connectivity index is 1.69. The van der Waals surface area contributed by atoms with Crippen LogP contribution in [0.5, 0.6) is 0 Å². The Morgan fingerprint density at radius 2 is 2.00 bits per heavy atom. The van der Waals surface area contributed by atoms with E-state index >= 15 is 0 Å². The summed E-state index contributed by atoms with van der Waals surface area (Å²) in [7, 11) is 2.16. The van der Waals surface area contributed by atoms with Crippen LogP contribution in [-0.2, 0) is 11.3 Å². The highest BCUT2D eigenvalue weighted by atomic mass is 16.5. The molecule has 0 spiro atoms. The fourth-order valence-electron chi connectivity index (χ4n) is 2.81. The predicted molar refractivity (Wildman–Crippen MR) is 85.6 cm³/mol. The first-order valence-corrected chi connectivity index (χ1v) is 8.08. The lowest BCUT2D eigenvalue weighted by Crippen LogP contribution is -2.48. The number of rotatable bonds is 6. The van der Waals surface area contributed by atoms with Gasteiger partial charge in [0.2, 0.25) is 5.91 Å². The Hall–Kier alpha value is -1.40. The van der Waals surface area contributed by atoms with Crippen LogP contribution in [0.2, 0.25) is 0 Å². The molecule has 0 aliphatic carbocycles. The highest BCUT2D eigenvalue weighted by Crippen LogP contribution is 2.12. The van der Waals surface area contributed by atoms with Crippen molar-refractivity contribution in [3.05, 3.63) is 17.0 Å². The smallest absolute Gasteiger partial charge is 0.220 e. The molecule has 124 valence electrons. The molecular weight excluding hydrogens is 280 g/mol. The second-order valence-corrected chi connectivity index (χ2v) is 6.31. The number of nitrogens with one attached hydrogen (secondary N) is 1. The van der Waals surface area contributed by atoms with E-state index in [1.165, 1.54) is 0 Å². The van der Waals surface area contributed by atoms with Gasteiger partial charge in [-0.25, -0.2) is 0 Å². The van der Waals surface area contributed by atoms with Crippen molar-refractivity contribution in [2.45, 2.75) is 46.2 Å². The minimum Gasteiger partial charge on any atom is -0.361 e. The highest BCUT2D eigenvalue weighted by Gasteiger charge is 2.19. The summed E-state index contributed by atoms with van der Waals surface area (Å²) >= 11 is 0. The molecule has 1 aromatic heterocycles. The molecule has 2 heterocycles. The standard InChI is InChI=1S/C16H28N4O2/c1-12(20-9-7-19(4)8-10-20)5-6-16(21)17-11-15-13(2)18-22-14(15)3/h12H,5-11H2,1-4H3,(H,17,21)/t12-/m0/s1. The third kappa shape index (κ3) is 4.55. The van der Waals surface area contributed by atoms with E-state index in [9.17, 15) is 4.79 Å². The van der Waals surface area contributed by atoms with Gasteiger partial charge in [-0.2, -0.15) is 0 Å². The first kappa shape index (κ1) is 17.0. The molecule has 1 saturated heterocycles. The van der Waals surface area contributed by atoms with E-state index < -0.39 is 0 Å². The van der Waals surface area contributed by atoms with E-state index in [0.717, 1.165) is 49.6 Å². The maximum absolute atomic E-state index is 12.0. The molecule has 0 saturated carbocycles. The van der Waals surface area contributed by atoms with E-state index in [1.54, 1.807) is 0 Å². The molecule has 6 heteroatoms. The minimum atomic E-state index is 0.0981. The number of aromatic nitrogens is 1. The number of aryl methyl sites for hydroxylation is 2. The average Bonchev–Trinajstić information content (AvgIpc) is 2.82. The van der Waals surface area contributed by atoms with Gasteiger partial charge in [0.1, 0.15) is 5.76 Å². The Kier molecular flexibility index (Phi) is 5.97. The molecule has 1 atom stereocenters. The molecule has 22 heavy (non-hydrogen) atoms. The molecule has 0 radical (unpaired) electrons. The van der Waals surface area contributed by atoms with Gasteiger partial charge >= 0.3 is 0 Å². The van der Waals surface area contributed by atoms with Crippen molar-refractivity contribution in [2.75, 3.05) is 33.2 Å². The summed E-state index contributed by atoms with van der Waals surface area (Å²) in [5, 5.41) is 6.87. The van der Waals surface area contributed by atoms with E-state index in [1.807, 2.05) is 13.8 Å². The van der Waals surface area contributed by atoms with Crippen LogP contribution in [0.4, 0.5) is 0 Å². The van der Waals surface area contributed by atoms with Crippen LogP contribution in [0, 0.1) is 13.8 Å². The topological polar surface area (TPSA) is 61.6 Å². The molecule has 1 fully saturated rings. The molecule has 0 aromatic carbocycles. The molecule has 0 unspecified atom stereocenters. The fraction of sp³-hybridized carbons (Fsp3) is 0.750. The number of likely N-dealkylation sites (N-methyl/N-ethyl adjacent to an activating group) is 1. The molecule has 1 N–H and O–H groups in total. The van der Waals surface area contributed by atoms with Gasteiger partial charge in [0.15, 0.2) is 0 Å². The zero-order valence-electron chi connectivity index (χ0n) is 14.2. The number of piperazine rings is 1. The largest absolute Gasteiger partial charge is 0.361 e. The maximum Gasteiger partial charge on any atom is 0.220 e. The predicted octanol–water partition coefficient (Wildman–Crippen LogP) is 1.32. The number of amides is 1. The number of carbonyl (C=O) groups excluding carboxylic acids is 1. The summed E-state index contributed by atoms with van der Waals surface area (Å²) in [6.45, 7) is 10.9. The van der Waals surface area contributed by atoms with Gasteiger partial charge in [0.05, 0.1) is 5.69 Å². The number of hydrogen-bond donors (Lipinski definition) is 1. The van der Waals surface area contributed by atoms with E-state index in [0.29, 0.717) is 19.0 Å². The second-order valence-electron chi connectivity index (χ2n) is 6.31. The van der Waals surface area contributed by atoms with Crippen LogP contribution >= 0.6 is 0 Å². The lowest BCUT2D eigenvalue weighted by Gasteiger charge is -2.36. The normalized spacial score (nSPS) is 18.4. The average molecular weight is 308 g/mol. The molecule has 1 amide bonds. The van der Waals surface area contributed by atoms with Crippen molar-refractivity contribution in [3.63, 3.8) is 0 Å². The lowest BCUT2D eigenvalue weighted by atomic mass is 10.1. The van der Waals surface area contributed by atoms with Crippen molar-refractivity contribution in [3.8, 4) is 0 Å². The van der Waals surface area contributed by atoms with Gasteiger partial charge in [-0.3, -0.25) is 9.69 Å². The van der Waals surface area contributed by atoms with Crippen molar-refractivity contribution >= 4 is 5.91 Å². The summed E-state index contributed by atoms with van der Waals surface area (Å²) in [6.07, 6.45) is 1.47. The van der Waals surface area contributed by atoms with Crippen LogP contribution < -0.4 is 5.32 Å². The Morgan fingerprint density at radius 3 is 2.59 bits per heavy atom. The summed E-state index contributed by atoms with van der Waals surface area (Å²) in [5.41, 5.74) is 1.84. The fourth-order valence-corrected chi connectivity index (χ4v) is 2.81. The number of carbonyl (C=O) groups is 1. The minimum absolute atomic E-state index is 0.0981. The SMILES string of the molecule is Cc1noc(C)c1CNC(=O)CC[C@H](C)N1CCN(C)CC1. The van der Waals surface area contributed by atoms with Crippen molar-refractivity contribution in [1.29, 1.82) is 0 Å². The Labute approximate surface area is 132 Å². The molecule has 2 rings (SSSR count). The van der Waals surface area contributed by atoms with E-state index in [2.05, 4.69) is 34.2 Å². The van der Waals surface area contributed by atoms with Crippen LogP contribution in [0.1, 0.15) is 36.8 Å². The van der Waals surface area contributed by atoms with E-state index in [4.69, 9.17) is 4.52 Å². The second kappa shape index (κ2) is 7.74. The summed E-state index contributed by atoms with van der Waals surface area (Å²) in [5.74, 6) is 0.879. The van der Waals surface area contributed by atoms with Crippen LogP contribution in [0.15, 0.2) is 4.52 Å². The van der Waals surface area contributed by atoms with Gasteiger partial charge in [-0.1, -0.05) is 5.16 Å². The van der Waals surface area contributed by atoms with Crippen LogP contribution in [0.25, 0.3) is 0 Å². The summed E-state index contributed by atoms with van der Waals surface area (Å²) in [4.78, 5) is 16.8. The monoisotopic (exact) mass is 308 g/mol. The number of hydrogen-bond acceptors (Lipinski definition) is 5. The molecule has 1 aliphatic heterocycles. The van der Waals surface area contributed by atoms with Crippen LogP contribution in [-0.4, -0.2) is 60.1 Å². The molecule has 0 bridgehead atoms. The first-order valence-electron chi connectivity index (χ1n) is 8.08. The molecule has 1 aliphatic rings. The van der Waals surface area contributed by atoms with Crippen molar-refractivity contribution in [2.24, 2.45) is 0 Å². The highest BCUT2D eigenvalue weighted by molar-refractivity contribution is 5.75. The summed E-state index contributed by atoms with van der Waals surface area (Å²) in [6, 6.07) is 0.457. The van der Waals surface area contributed by atoms with Gasteiger partial charge in [-0.05, 0) is 34.2 Å².